The minimum atomic E-state index is -0.00904. The second-order valence-electron chi connectivity index (χ2n) is 12.9. The third-order valence-electron chi connectivity index (χ3n) is 9.80. The average Bonchev–Trinajstić information content (AvgIpc) is 3.55. The number of rotatable bonds is 7. The molecule has 3 nitrogen and oxygen atoms in total. The molecule has 52 heavy (non-hydrogen) atoms. The van der Waals surface area contributed by atoms with Gasteiger partial charge in [-0.1, -0.05) is 140 Å². The number of nitrogens with zero attached hydrogens (tertiary/aromatic N) is 2. The highest BCUT2D eigenvalue weighted by atomic mass is 16.1. The Labute approximate surface area is 303 Å². The van der Waals surface area contributed by atoms with Gasteiger partial charge in [-0.2, -0.15) is 0 Å². The number of hydrogen-bond donors (Lipinski definition) is 0. The first-order chi connectivity index (χ1) is 25.7. The molecule has 1 aromatic heterocycles. The van der Waals surface area contributed by atoms with Crippen LogP contribution in [0.3, 0.4) is 0 Å². The summed E-state index contributed by atoms with van der Waals surface area (Å²) in [5.41, 5.74) is 12.3. The summed E-state index contributed by atoms with van der Waals surface area (Å²) in [5.74, 6) is -0.00904. The number of para-hydroxylation sites is 4. The summed E-state index contributed by atoms with van der Waals surface area (Å²) in [4.78, 5) is 16.2. The van der Waals surface area contributed by atoms with Gasteiger partial charge in [0, 0.05) is 44.7 Å². The minimum absolute atomic E-state index is 0.00904. The molecule has 0 saturated carbocycles. The first-order valence-corrected chi connectivity index (χ1v) is 17.6. The van der Waals surface area contributed by atoms with Crippen LogP contribution in [0.15, 0.2) is 200 Å². The van der Waals surface area contributed by atoms with Gasteiger partial charge in [0.1, 0.15) is 0 Å². The van der Waals surface area contributed by atoms with E-state index in [1.54, 1.807) is 6.08 Å². The molecular formula is C49H34N2O. The van der Waals surface area contributed by atoms with Crippen LogP contribution in [-0.4, -0.2) is 10.4 Å². The lowest BCUT2D eigenvalue weighted by Crippen LogP contribution is -2.09. The van der Waals surface area contributed by atoms with Crippen molar-refractivity contribution < 1.29 is 4.79 Å². The first-order valence-electron chi connectivity index (χ1n) is 17.6. The van der Waals surface area contributed by atoms with Gasteiger partial charge in [-0.05, 0) is 89.0 Å². The molecule has 0 fully saturated rings. The Morgan fingerprint density at radius 2 is 1.06 bits per heavy atom. The Morgan fingerprint density at radius 1 is 0.500 bits per heavy atom. The van der Waals surface area contributed by atoms with Crippen molar-refractivity contribution in [2.24, 2.45) is 0 Å². The molecule has 1 heterocycles. The van der Waals surface area contributed by atoms with Gasteiger partial charge >= 0.3 is 0 Å². The van der Waals surface area contributed by atoms with Crippen LogP contribution < -0.4 is 4.90 Å². The third-order valence-corrected chi connectivity index (χ3v) is 9.80. The van der Waals surface area contributed by atoms with Crippen molar-refractivity contribution in [1.82, 2.24) is 4.57 Å². The van der Waals surface area contributed by atoms with E-state index in [0.29, 0.717) is 5.57 Å². The summed E-state index contributed by atoms with van der Waals surface area (Å²) in [7, 11) is 0. The predicted molar refractivity (Wildman–Crippen MR) is 217 cm³/mol. The fourth-order valence-corrected chi connectivity index (χ4v) is 7.42. The van der Waals surface area contributed by atoms with E-state index >= 15 is 0 Å². The molecule has 0 aliphatic heterocycles. The topological polar surface area (TPSA) is 25.2 Å². The van der Waals surface area contributed by atoms with E-state index in [-0.39, 0.29) is 5.78 Å². The van der Waals surface area contributed by atoms with Crippen LogP contribution in [0.2, 0.25) is 0 Å². The highest BCUT2D eigenvalue weighted by molar-refractivity contribution is 6.33. The van der Waals surface area contributed by atoms with Gasteiger partial charge in [-0.15, -0.1) is 0 Å². The summed E-state index contributed by atoms with van der Waals surface area (Å²) in [6, 6.07) is 63.2. The molecule has 246 valence electrons. The Hall–Kier alpha value is -6.97. The van der Waals surface area contributed by atoms with Crippen LogP contribution in [0.1, 0.15) is 22.3 Å². The average molecular weight is 667 g/mol. The summed E-state index contributed by atoms with van der Waals surface area (Å²) >= 11 is 0. The van der Waals surface area contributed by atoms with E-state index in [2.05, 4.69) is 173 Å². The molecule has 0 amide bonds. The van der Waals surface area contributed by atoms with E-state index in [4.69, 9.17) is 0 Å². The lowest BCUT2D eigenvalue weighted by atomic mass is 9.88. The molecule has 0 atom stereocenters. The van der Waals surface area contributed by atoms with Crippen molar-refractivity contribution in [3.63, 3.8) is 0 Å². The molecule has 0 saturated heterocycles. The zero-order valence-electron chi connectivity index (χ0n) is 28.4. The standard InChI is InChI=1S/C49H34N2O/c52-47-34-28-37-27-31-44-43-23-13-14-24-46(43)51(40-21-11-4-12-22-40)49(44)48(37)45(47)33-32-42(35-15-5-1-6-16-35)36-25-29-41(30-26-36)50(38-17-7-2-8-18-38)39-19-9-3-10-20-39/h1-34H/b42-32-,45-33+. The zero-order valence-corrected chi connectivity index (χ0v) is 28.4. The maximum Gasteiger partial charge on any atom is 0.186 e. The Kier molecular flexibility index (Phi) is 7.99. The molecule has 3 heteroatoms. The molecule has 0 bridgehead atoms. The van der Waals surface area contributed by atoms with E-state index in [1.807, 2.05) is 36.4 Å². The van der Waals surface area contributed by atoms with E-state index in [9.17, 15) is 4.79 Å². The summed E-state index contributed by atoms with van der Waals surface area (Å²) in [6.07, 6.45) is 7.78. The van der Waals surface area contributed by atoms with Gasteiger partial charge in [-0.3, -0.25) is 4.79 Å². The lowest BCUT2D eigenvalue weighted by molar-refractivity contribution is -0.109. The summed E-state index contributed by atoms with van der Waals surface area (Å²) in [6.45, 7) is 0. The smallest absolute Gasteiger partial charge is 0.186 e. The molecule has 0 spiro atoms. The predicted octanol–water partition coefficient (Wildman–Crippen LogP) is 12.4. The number of ketones is 1. The summed E-state index contributed by atoms with van der Waals surface area (Å²) in [5, 5.41) is 2.28. The van der Waals surface area contributed by atoms with Crippen molar-refractivity contribution in [2.75, 3.05) is 4.90 Å². The Morgan fingerprint density at radius 3 is 1.73 bits per heavy atom. The number of aromatic nitrogens is 1. The second kappa shape index (κ2) is 13.4. The van der Waals surface area contributed by atoms with Gasteiger partial charge < -0.3 is 9.47 Å². The Bertz CT molecular complexity index is 2610. The fraction of sp³-hybridized carbons (Fsp3) is 0. The fourth-order valence-electron chi connectivity index (χ4n) is 7.42. The molecule has 7 aromatic carbocycles. The van der Waals surface area contributed by atoms with Gasteiger partial charge in [-0.25, -0.2) is 0 Å². The number of carbonyl (C=O) groups excluding carboxylic acids is 1. The molecule has 9 rings (SSSR count). The molecule has 1 aliphatic rings. The van der Waals surface area contributed by atoms with Crippen LogP contribution in [0.5, 0.6) is 0 Å². The number of carbonyl (C=O) groups is 1. The second-order valence-corrected chi connectivity index (χ2v) is 12.9. The number of benzene rings is 7. The number of anilines is 3. The van der Waals surface area contributed by atoms with Crippen molar-refractivity contribution in [1.29, 1.82) is 0 Å². The first kappa shape index (κ1) is 31.0. The molecule has 0 radical (unpaired) electrons. The van der Waals surface area contributed by atoms with Crippen molar-refractivity contribution in [2.45, 2.75) is 0 Å². The van der Waals surface area contributed by atoms with E-state index < -0.39 is 0 Å². The van der Waals surface area contributed by atoms with Crippen LogP contribution in [0, 0.1) is 0 Å². The van der Waals surface area contributed by atoms with Gasteiger partial charge in [0.05, 0.1) is 11.0 Å². The van der Waals surface area contributed by atoms with Crippen molar-refractivity contribution in [3.8, 4) is 5.69 Å². The minimum Gasteiger partial charge on any atom is -0.311 e. The van der Waals surface area contributed by atoms with Crippen LogP contribution >= 0.6 is 0 Å². The SMILES string of the molecule is O=C1C=Cc2ccc3c4ccccc4n(-c4ccccc4)c3c2/C1=C/C=C(/c1ccccc1)c1ccc(N(c2ccccc2)c2ccccc2)cc1. The van der Waals surface area contributed by atoms with Crippen molar-refractivity contribution in [3.05, 3.63) is 222 Å². The zero-order chi connectivity index (χ0) is 34.9. The largest absolute Gasteiger partial charge is 0.311 e. The molecule has 0 N–H and O–H groups in total. The molecule has 0 unspecified atom stereocenters. The third kappa shape index (κ3) is 5.55. The quantitative estimate of drug-likeness (QED) is 0.158. The van der Waals surface area contributed by atoms with E-state index in [0.717, 1.165) is 72.4 Å². The highest BCUT2D eigenvalue weighted by Crippen LogP contribution is 2.41. The molecule has 1 aliphatic carbocycles. The number of hydrogen-bond acceptors (Lipinski definition) is 2. The number of allylic oxidation sites excluding steroid dienone is 4. The van der Waals surface area contributed by atoms with Crippen LogP contribution in [-0.2, 0) is 4.79 Å². The normalized spacial score (nSPS) is 13.5. The monoisotopic (exact) mass is 666 g/mol. The van der Waals surface area contributed by atoms with Crippen molar-refractivity contribution >= 4 is 61.9 Å². The number of fused-ring (bicyclic) bond motifs is 5. The maximum atomic E-state index is 13.9. The summed E-state index contributed by atoms with van der Waals surface area (Å²) < 4.78 is 2.30. The maximum absolute atomic E-state index is 13.9. The van der Waals surface area contributed by atoms with Gasteiger partial charge in [0.2, 0.25) is 0 Å². The highest BCUT2D eigenvalue weighted by Gasteiger charge is 2.24. The van der Waals surface area contributed by atoms with Gasteiger partial charge in [0.25, 0.3) is 0 Å². The van der Waals surface area contributed by atoms with Gasteiger partial charge in [0.15, 0.2) is 5.78 Å². The Balaban J connectivity index is 1.21. The molecular weight excluding hydrogens is 633 g/mol. The van der Waals surface area contributed by atoms with E-state index in [1.165, 1.54) is 0 Å². The van der Waals surface area contributed by atoms with Crippen LogP contribution in [0.25, 0.3) is 44.7 Å². The lowest BCUT2D eigenvalue weighted by Gasteiger charge is -2.25. The molecule has 8 aromatic rings. The van der Waals surface area contributed by atoms with Crippen LogP contribution in [0.4, 0.5) is 17.1 Å².